The van der Waals surface area contributed by atoms with Gasteiger partial charge < -0.3 is 9.64 Å². The molecule has 0 saturated carbocycles. The summed E-state index contributed by atoms with van der Waals surface area (Å²) >= 11 is 0. The Labute approximate surface area is 150 Å². The minimum absolute atomic E-state index is 0.0304. The van der Waals surface area contributed by atoms with Gasteiger partial charge in [-0.15, -0.1) is 0 Å². The van der Waals surface area contributed by atoms with Crippen molar-refractivity contribution in [3.63, 3.8) is 0 Å². The number of benzene rings is 2. The van der Waals surface area contributed by atoms with Gasteiger partial charge in [-0.25, -0.2) is 4.39 Å². The van der Waals surface area contributed by atoms with Crippen molar-refractivity contribution in [3.05, 3.63) is 75.6 Å². The molecule has 3 rings (SSSR count). The number of nitrogens with zero attached hydrogens (tertiary/aromatic N) is 2. The number of carbonyl (C=O) groups is 1. The molecule has 0 bridgehead atoms. The molecule has 0 radical (unpaired) electrons. The number of likely N-dealkylation sites (tertiary alicyclic amines) is 1. The molecule has 26 heavy (non-hydrogen) atoms. The van der Waals surface area contributed by atoms with Crippen LogP contribution < -0.4 is 0 Å². The van der Waals surface area contributed by atoms with Gasteiger partial charge in [-0.2, -0.15) is 0 Å². The quantitative estimate of drug-likeness (QED) is 0.605. The van der Waals surface area contributed by atoms with Gasteiger partial charge >= 0.3 is 0 Å². The Morgan fingerprint density at radius 3 is 2.77 bits per heavy atom. The Kier molecular flexibility index (Phi) is 5.58. The maximum atomic E-state index is 13.0. The molecule has 1 aliphatic heterocycles. The molecule has 1 atom stereocenters. The van der Waals surface area contributed by atoms with Gasteiger partial charge in [0.15, 0.2) is 0 Å². The first-order valence-corrected chi connectivity index (χ1v) is 8.43. The lowest BCUT2D eigenvalue weighted by Gasteiger charge is -2.32. The van der Waals surface area contributed by atoms with E-state index in [0.29, 0.717) is 18.7 Å². The summed E-state index contributed by atoms with van der Waals surface area (Å²) in [4.78, 5) is 24.6. The number of non-ortho nitro benzene ring substituents is 1. The molecular weight excluding hydrogens is 339 g/mol. The first-order valence-electron chi connectivity index (χ1n) is 8.43. The molecule has 1 amide bonds. The lowest BCUT2D eigenvalue weighted by atomic mass is 10.1. The third-order valence-corrected chi connectivity index (χ3v) is 4.36. The topological polar surface area (TPSA) is 72.7 Å². The minimum Gasteiger partial charge on any atom is -0.372 e. The highest BCUT2D eigenvalue weighted by Crippen LogP contribution is 2.19. The van der Waals surface area contributed by atoms with E-state index in [4.69, 9.17) is 4.74 Å². The number of carbonyl (C=O) groups excluding carboxylic acids is 1. The zero-order chi connectivity index (χ0) is 18.5. The highest BCUT2D eigenvalue weighted by atomic mass is 19.1. The van der Waals surface area contributed by atoms with Gasteiger partial charge in [0.2, 0.25) is 0 Å². The lowest BCUT2D eigenvalue weighted by Crippen LogP contribution is -2.43. The van der Waals surface area contributed by atoms with Crippen molar-refractivity contribution in [1.29, 1.82) is 0 Å². The predicted molar refractivity (Wildman–Crippen MR) is 93.2 cm³/mol. The molecular formula is C19H19FN2O4. The number of hydrogen-bond donors (Lipinski definition) is 0. The number of nitro benzene ring substituents is 1. The minimum atomic E-state index is -0.437. The number of piperidine rings is 1. The average molecular weight is 358 g/mol. The second kappa shape index (κ2) is 8.05. The maximum absolute atomic E-state index is 13.0. The molecule has 2 aromatic carbocycles. The molecule has 7 heteroatoms. The van der Waals surface area contributed by atoms with E-state index in [1.54, 1.807) is 17.0 Å². The fraction of sp³-hybridized carbons (Fsp3) is 0.316. The third kappa shape index (κ3) is 4.43. The summed E-state index contributed by atoms with van der Waals surface area (Å²) in [5.74, 6) is -0.521. The first-order chi connectivity index (χ1) is 12.5. The van der Waals surface area contributed by atoms with Crippen molar-refractivity contribution in [3.8, 4) is 0 Å². The van der Waals surface area contributed by atoms with E-state index in [1.165, 1.54) is 36.4 Å². The highest BCUT2D eigenvalue weighted by molar-refractivity contribution is 5.94. The number of hydrogen-bond acceptors (Lipinski definition) is 4. The zero-order valence-corrected chi connectivity index (χ0v) is 14.1. The Balaban J connectivity index is 1.58. The van der Waals surface area contributed by atoms with E-state index in [1.807, 2.05) is 0 Å². The molecule has 0 spiro atoms. The molecule has 1 saturated heterocycles. The van der Waals surface area contributed by atoms with Gasteiger partial charge in [0.05, 0.1) is 17.6 Å². The van der Waals surface area contributed by atoms with E-state index in [0.717, 1.165) is 18.4 Å². The van der Waals surface area contributed by atoms with Crippen molar-refractivity contribution in [2.45, 2.75) is 25.6 Å². The van der Waals surface area contributed by atoms with Crippen LogP contribution in [0, 0.1) is 15.9 Å². The van der Waals surface area contributed by atoms with Crippen molar-refractivity contribution in [1.82, 2.24) is 4.90 Å². The Morgan fingerprint density at radius 1 is 1.27 bits per heavy atom. The van der Waals surface area contributed by atoms with Crippen LogP contribution in [-0.2, 0) is 11.3 Å². The molecule has 1 aliphatic rings. The van der Waals surface area contributed by atoms with Gasteiger partial charge in [-0.05, 0) is 42.7 Å². The number of halogens is 1. The largest absolute Gasteiger partial charge is 0.372 e. The van der Waals surface area contributed by atoms with Crippen LogP contribution >= 0.6 is 0 Å². The summed E-state index contributed by atoms with van der Waals surface area (Å²) in [6.45, 7) is 1.34. The number of amides is 1. The molecule has 0 unspecified atom stereocenters. The van der Waals surface area contributed by atoms with Crippen molar-refractivity contribution in [2.75, 3.05) is 13.1 Å². The first kappa shape index (κ1) is 18.0. The van der Waals surface area contributed by atoms with E-state index in [-0.39, 0.29) is 30.1 Å². The van der Waals surface area contributed by atoms with Crippen LogP contribution in [0.1, 0.15) is 28.8 Å². The summed E-state index contributed by atoms with van der Waals surface area (Å²) in [7, 11) is 0. The van der Waals surface area contributed by atoms with Crippen molar-refractivity contribution in [2.24, 2.45) is 0 Å². The lowest BCUT2D eigenvalue weighted by molar-refractivity contribution is -0.385. The predicted octanol–water partition coefficient (Wildman–Crippen LogP) is 3.56. The van der Waals surface area contributed by atoms with Crippen LogP contribution in [0.15, 0.2) is 48.5 Å². The summed E-state index contributed by atoms with van der Waals surface area (Å²) in [5.41, 5.74) is 1.20. The molecule has 1 fully saturated rings. The van der Waals surface area contributed by atoms with Crippen LogP contribution in [0.25, 0.3) is 0 Å². The second-order valence-corrected chi connectivity index (χ2v) is 6.26. The Hall–Kier alpha value is -2.80. The van der Waals surface area contributed by atoms with Crippen LogP contribution in [0.2, 0.25) is 0 Å². The van der Waals surface area contributed by atoms with E-state index >= 15 is 0 Å². The van der Waals surface area contributed by atoms with E-state index in [9.17, 15) is 19.3 Å². The fourth-order valence-corrected chi connectivity index (χ4v) is 3.01. The molecule has 0 N–H and O–H groups in total. The average Bonchev–Trinajstić information content (AvgIpc) is 2.67. The summed E-state index contributed by atoms with van der Waals surface area (Å²) in [5, 5.41) is 10.8. The van der Waals surface area contributed by atoms with Gasteiger partial charge in [0.1, 0.15) is 5.82 Å². The van der Waals surface area contributed by atoms with E-state index < -0.39 is 4.92 Å². The Morgan fingerprint density at radius 2 is 2.04 bits per heavy atom. The summed E-state index contributed by atoms with van der Waals surface area (Å²) in [6, 6.07) is 11.8. The standard InChI is InChI=1S/C19H19FN2O4/c20-16-8-6-15(7-9-16)19(23)21-10-2-5-18(12-21)26-13-14-3-1-4-17(11-14)22(24)25/h1,3-4,6-9,11,18H,2,5,10,12-13H2/t18-/m1/s1. The molecule has 6 nitrogen and oxygen atoms in total. The highest BCUT2D eigenvalue weighted by Gasteiger charge is 2.25. The van der Waals surface area contributed by atoms with Crippen molar-refractivity contribution < 1.29 is 18.8 Å². The van der Waals surface area contributed by atoms with Crippen LogP contribution in [0.4, 0.5) is 10.1 Å². The third-order valence-electron chi connectivity index (χ3n) is 4.36. The van der Waals surface area contributed by atoms with Crippen molar-refractivity contribution >= 4 is 11.6 Å². The maximum Gasteiger partial charge on any atom is 0.269 e. The number of rotatable bonds is 5. The second-order valence-electron chi connectivity index (χ2n) is 6.26. The molecule has 2 aromatic rings. The van der Waals surface area contributed by atoms with Crippen LogP contribution in [0.5, 0.6) is 0 Å². The molecule has 0 aromatic heterocycles. The molecule has 1 heterocycles. The van der Waals surface area contributed by atoms with Crippen LogP contribution in [-0.4, -0.2) is 34.9 Å². The summed E-state index contributed by atoms with van der Waals surface area (Å²) in [6.07, 6.45) is 1.50. The van der Waals surface area contributed by atoms with E-state index in [2.05, 4.69) is 0 Å². The van der Waals surface area contributed by atoms with Gasteiger partial charge in [-0.3, -0.25) is 14.9 Å². The normalized spacial score (nSPS) is 17.1. The number of nitro groups is 1. The van der Waals surface area contributed by atoms with Gasteiger partial charge in [0, 0.05) is 30.8 Å². The fourth-order valence-electron chi connectivity index (χ4n) is 3.01. The smallest absolute Gasteiger partial charge is 0.269 e. The van der Waals surface area contributed by atoms with Crippen LogP contribution in [0.3, 0.4) is 0 Å². The zero-order valence-electron chi connectivity index (χ0n) is 14.1. The SMILES string of the molecule is O=C(c1ccc(F)cc1)N1CCC[C@@H](OCc2cccc([N+](=O)[O-])c2)C1. The number of ether oxygens (including phenoxy) is 1. The monoisotopic (exact) mass is 358 g/mol. The summed E-state index contributed by atoms with van der Waals surface area (Å²) < 4.78 is 18.9. The molecule has 136 valence electrons. The molecule has 0 aliphatic carbocycles. The van der Waals surface area contributed by atoms with Gasteiger partial charge in [0.25, 0.3) is 11.6 Å². The Bertz CT molecular complexity index is 794. The van der Waals surface area contributed by atoms with Gasteiger partial charge in [-0.1, -0.05) is 12.1 Å².